The minimum Gasteiger partial charge on any atom is -0.341 e. The average Bonchev–Trinajstić information content (AvgIpc) is 3.13. The topological polar surface area (TPSA) is 43.9 Å². The monoisotopic (exact) mass is 369 g/mol. The van der Waals surface area contributed by atoms with Gasteiger partial charge in [0.05, 0.1) is 0 Å². The molecule has 146 valence electrons. The summed E-state index contributed by atoms with van der Waals surface area (Å²) in [5, 5.41) is 0. The summed E-state index contributed by atoms with van der Waals surface area (Å²) >= 11 is 0. The van der Waals surface area contributed by atoms with E-state index in [2.05, 4.69) is 4.90 Å². The molecule has 2 saturated heterocycles. The summed E-state index contributed by atoms with van der Waals surface area (Å²) in [6.45, 7) is 5.95. The van der Waals surface area contributed by atoms with E-state index < -0.39 is 0 Å². The van der Waals surface area contributed by atoms with E-state index in [1.807, 2.05) is 36.1 Å². The van der Waals surface area contributed by atoms with E-state index in [9.17, 15) is 9.59 Å². The number of carbonyl (C=O) groups is 2. The summed E-state index contributed by atoms with van der Waals surface area (Å²) in [5.41, 5.74) is 2.03. The molecule has 0 aromatic heterocycles. The highest BCUT2D eigenvalue weighted by atomic mass is 16.2. The Kier molecular flexibility index (Phi) is 5.48. The van der Waals surface area contributed by atoms with E-state index in [1.165, 1.54) is 32.4 Å². The predicted octanol–water partition coefficient (Wildman–Crippen LogP) is 2.83. The summed E-state index contributed by atoms with van der Waals surface area (Å²) in [4.78, 5) is 32.3. The highest BCUT2D eigenvalue weighted by molar-refractivity contribution is 6.03. The lowest BCUT2D eigenvalue weighted by atomic mass is 9.99. The molecule has 3 aliphatic heterocycles. The summed E-state index contributed by atoms with van der Waals surface area (Å²) in [6, 6.07) is 8.22. The van der Waals surface area contributed by atoms with Crippen molar-refractivity contribution >= 4 is 17.5 Å². The first-order valence-corrected chi connectivity index (χ1v) is 10.6. The first-order valence-electron chi connectivity index (χ1n) is 10.6. The number of amides is 2. The molecule has 0 saturated carbocycles. The van der Waals surface area contributed by atoms with Crippen LogP contribution in [0.5, 0.6) is 0 Å². The Morgan fingerprint density at radius 1 is 1.00 bits per heavy atom. The predicted molar refractivity (Wildman–Crippen MR) is 107 cm³/mol. The molecule has 0 radical (unpaired) electrons. The second kappa shape index (κ2) is 8.01. The van der Waals surface area contributed by atoms with Gasteiger partial charge in [0, 0.05) is 37.7 Å². The van der Waals surface area contributed by atoms with Crippen LogP contribution in [0.3, 0.4) is 0 Å². The van der Waals surface area contributed by atoms with Gasteiger partial charge in [-0.05, 0) is 50.4 Å². The third-order valence-corrected chi connectivity index (χ3v) is 6.52. The second-order valence-electron chi connectivity index (χ2n) is 8.12. The molecule has 2 fully saturated rings. The van der Waals surface area contributed by atoms with E-state index in [0.29, 0.717) is 18.9 Å². The summed E-state index contributed by atoms with van der Waals surface area (Å²) < 4.78 is 0. The van der Waals surface area contributed by atoms with Crippen molar-refractivity contribution in [3.63, 3.8) is 0 Å². The molecule has 0 unspecified atom stereocenters. The van der Waals surface area contributed by atoms with Gasteiger partial charge in [-0.15, -0.1) is 0 Å². The van der Waals surface area contributed by atoms with E-state index >= 15 is 0 Å². The van der Waals surface area contributed by atoms with Gasteiger partial charge in [-0.2, -0.15) is 0 Å². The van der Waals surface area contributed by atoms with Gasteiger partial charge in [-0.3, -0.25) is 14.5 Å². The Morgan fingerprint density at radius 2 is 1.70 bits per heavy atom. The number of hydrogen-bond acceptors (Lipinski definition) is 3. The molecule has 27 heavy (non-hydrogen) atoms. The fourth-order valence-electron chi connectivity index (χ4n) is 5.01. The number of carbonyl (C=O) groups excluding carboxylic acids is 2. The number of rotatable bonds is 3. The first-order chi connectivity index (χ1) is 13.2. The van der Waals surface area contributed by atoms with Crippen molar-refractivity contribution in [2.45, 2.75) is 64.0 Å². The van der Waals surface area contributed by atoms with E-state index in [-0.39, 0.29) is 17.9 Å². The maximum atomic E-state index is 13.3. The number of hydrogen-bond donors (Lipinski definition) is 0. The maximum absolute atomic E-state index is 13.3. The van der Waals surface area contributed by atoms with Crippen LogP contribution in [0.15, 0.2) is 24.3 Å². The fourth-order valence-corrected chi connectivity index (χ4v) is 5.01. The van der Waals surface area contributed by atoms with Crippen LogP contribution in [0.1, 0.15) is 51.0 Å². The summed E-state index contributed by atoms with van der Waals surface area (Å²) in [6.07, 6.45) is 7.18. The lowest BCUT2D eigenvalue weighted by Gasteiger charge is -2.41. The molecule has 1 atom stereocenters. The number of piperidine rings is 2. The Bertz CT molecular complexity index is 691. The van der Waals surface area contributed by atoms with Crippen LogP contribution in [-0.2, 0) is 16.0 Å². The van der Waals surface area contributed by atoms with Crippen LogP contribution < -0.4 is 4.90 Å². The van der Waals surface area contributed by atoms with Gasteiger partial charge in [0.1, 0.15) is 6.04 Å². The van der Waals surface area contributed by atoms with Gasteiger partial charge in [-0.1, -0.05) is 31.5 Å². The standard InChI is InChI=1S/C22H31N3O2/c1-2-21(26)25-19-9-5-4-8-17(19)16-20(25)22(27)24-14-10-18(11-15-24)23-12-6-3-7-13-23/h4-5,8-9,18,20H,2-3,6-7,10-16H2,1H3/t20-/m1/s1. The first kappa shape index (κ1) is 18.5. The van der Waals surface area contributed by atoms with Crippen LogP contribution in [0.2, 0.25) is 0 Å². The lowest BCUT2D eigenvalue weighted by Crippen LogP contribution is -2.54. The molecule has 1 aromatic rings. The lowest BCUT2D eigenvalue weighted by molar-refractivity contribution is -0.135. The summed E-state index contributed by atoms with van der Waals surface area (Å²) in [5.74, 6) is 0.173. The molecular formula is C22H31N3O2. The van der Waals surface area contributed by atoms with Crippen LogP contribution in [0.4, 0.5) is 5.69 Å². The number of anilines is 1. The second-order valence-corrected chi connectivity index (χ2v) is 8.12. The number of nitrogens with zero attached hydrogens (tertiary/aromatic N) is 3. The number of likely N-dealkylation sites (tertiary alicyclic amines) is 2. The third-order valence-electron chi connectivity index (χ3n) is 6.52. The third kappa shape index (κ3) is 3.62. The Balaban J connectivity index is 1.43. The molecular weight excluding hydrogens is 338 g/mol. The van der Waals surface area contributed by atoms with E-state index in [1.54, 1.807) is 4.90 Å². The van der Waals surface area contributed by atoms with Gasteiger partial charge in [0.15, 0.2) is 0 Å². The van der Waals surface area contributed by atoms with Crippen molar-refractivity contribution in [1.29, 1.82) is 0 Å². The van der Waals surface area contributed by atoms with Crippen LogP contribution >= 0.6 is 0 Å². The zero-order valence-electron chi connectivity index (χ0n) is 16.4. The minimum absolute atomic E-state index is 0.0431. The normalized spacial score (nSPS) is 24.1. The molecule has 2 amide bonds. The minimum atomic E-state index is -0.360. The number of fused-ring (bicyclic) bond motifs is 1. The van der Waals surface area contributed by atoms with Crippen LogP contribution in [0, 0.1) is 0 Å². The highest BCUT2D eigenvalue weighted by Crippen LogP contribution is 2.34. The fraction of sp³-hybridized carbons (Fsp3) is 0.636. The van der Waals surface area contributed by atoms with Crippen molar-refractivity contribution in [3.8, 4) is 0 Å². The van der Waals surface area contributed by atoms with Gasteiger partial charge >= 0.3 is 0 Å². The van der Waals surface area contributed by atoms with Gasteiger partial charge < -0.3 is 9.80 Å². The van der Waals surface area contributed by atoms with E-state index in [0.717, 1.165) is 37.2 Å². The van der Waals surface area contributed by atoms with Crippen molar-refractivity contribution in [1.82, 2.24) is 9.80 Å². The van der Waals surface area contributed by atoms with Crippen LogP contribution in [-0.4, -0.2) is 59.9 Å². The molecule has 3 aliphatic rings. The van der Waals surface area contributed by atoms with Crippen molar-refractivity contribution in [2.75, 3.05) is 31.1 Å². The largest absolute Gasteiger partial charge is 0.341 e. The van der Waals surface area contributed by atoms with Gasteiger partial charge in [-0.25, -0.2) is 0 Å². The van der Waals surface area contributed by atoms with E-state index in [4.69, 9.17) is 0 Å². The average molecular weight is 370 g/mol. The zero-order valence-corrected chi connectivity index (χ0v) is 16.4. The molecule has 0 bridgehead atoms. The van der Waals surface area contributed by atoms with Crippen molar-refractivity contribution in [2.24, 2.45) is 0 Å². The highest BCUT2D eigenvalue weighted by Gasteiger charge is 2.40. The Labute approximate surface area is 162 Å². The van der Waals surface area contributed by atoms with Gasteiger partial charge in [0.25, 0.3) is 0 Å². The zero-order chi connectivity index (χ0) is 18.8. The number of para-hydroxylation sites is 1. The number of benzene rings is 1. The molecule has 0 aliphatic carbocycles. The van der Waals surface area contributed by atoms with Crippen LogP contribution in [0.25, 0.3) is 0 Å². The molecule has 3 heterocycles. The quantitative estimate of drug-likeness (QED) is 0.823. The molecule has 1 aromatic carbocycles. The Hall–Kier alpha value is -1.88. The van der Waals surface area contributed by atoms with Gasteiger partial charge in [0.2, 0.25) is 11.8 Å². The molecule has 0 spiro atoms. The SMILES string of the molecule is CCC(=O)N1c2ccccc2C[C@@H]1C(=O)N1CCC(N2CCCCC2)CC1. The van der Waals surface area contributed by atoms with Crippen molar-refractivity contribution in [3.05, 3.63) is 29.8 Å². The maximum Gasteiger partial charge on any atom is 0.246 e. The summed E-state index contributed by atoms with van der Waals surface area (Å²) in [7, 11) is 0. The molecule has 5 nitrogen and oxygen atoms in total. The molecule has 0 N–H and O–H groups in total. The van der Waals surface area contributed by atoms with Crippen molar-refractivity contribution < 1.29 is 9.59 Å². The molecule has 4 rings (SSSR count). The molecule has 5 heteroatoms. The smallest absolute Gasteiger partial charge is 0.246 e. The Morgan fingerprint density at radius 3 is 2.41 bits per heavy atom.